The summed E-state index contributed by atoms with van der Waals surface area (Å²) in [6.07, 6.45) is -4.02. The molecule has 176 valence electrons. The normalized spacial score (nSPS) is 18.3. The molecule has 3 aromatic rings. The molecule has 1 aliphatic heterocycles. The highest BCUT2D eigenvalue weighted by atomic mass is 35.5. The van der Waals surface area contributed by atoms with Crippen LogP contribution in [0.15, 0.2) is 64.7 Å². The number of carbonyl (C=O) groups is 1. The fourth-order valence-corrected chi connectivity index (χ4v) is 4.34. The summed E-state index contributed by atoms with van der Waals surface area (Å²) in [6.45, 7) is 0. The van der Waals surface area contributed by atoms with Crippen molar-refractivity contribution in [1.82, 2.24) is 4.90 Å². The minimum atomic E-state index is -4.81. The van der Waals surface area contributed by atoms with E-state index in [1.807, 2.05) is 0 Å². The number of rotatable bonds is 4. The summed E-state index contributed by atoms with van der Waals surface area (Å²) in [5.41, 5.74) is -2.17. The van der Waals surface area contributed by atoms with E-state index in [4.69, 9.17) is 28.0 Å². The number of fused-ring (bicyclic) bond motifs is 1. The van der Waals surface area contributed by atoms with Gasteiger partial charge >= 0.3 is 6.18 Å². The summed E-state index contributed by atoms with van der Waals surface area (Å²) in [7, 11) is 3.46. The Labute approximate surface area is 203 Å². The third-order valence-corrected chi connectivity index (χ3v) is 5.82. The van der Waals surface area contributed by atoms with Crippen molar-refractivity contribution in [2.24, 2.45) is 10.1 Å². The minimum Gasteiger partial charge on any atom is -0.374 e. The maximum Gasteiger partial charge on any atom is 0.435 e. The second kappa shape index (κ2) is 8.92. The van der Waals surface area contributed by atoms with Crippen LogP contribution in [0.5, 0.6) is 0 Å². The summed E-state index contributed by atoms with van der Waals surface area (Å²) in [5.74, 6) is -0.473. The molecule has 1 aliphatic rings. The number of hydrogen-bond acceptors (Lipinski definition) is 3. The van der Waals surface area contributed by atoms with Crippen LogP contribution >= 0.6 is 23.2 Å². The summed E-state index contributed by atoms with van der Waals surface area (Å²) >= 11 is 11.9. The molecule has 0 aliphatic carbocycles. The van der Waals surface area contributed by atoms with Gasteiger partial charge in [-0.2, -0.15) is 18.2 Å². The molecule has 0 fully saturated rings. The van der Waals surface area contributed by atoms with Gasteiger partial charge in [0.15, 0.2) is 0 Å². The van der Waals surface area contributed by atoms with Crippen LogP contribution in [0.3, 0.4) is 0 Å². The van der Waals surface area contributed by atoms with Crippen molar-refractivity contribution in [3.63, 3.8) is 0 Å². The zero-order valence-electron chi connectivity index (χ0n) is 18.0. The van der Waals surface area contributed by atoms with Crippen molar-refractivity contribution in [3.8, 4) is 0 Å². The van der Waals surface area contributed by atoms with Gasteiger partial charge in [0, 0.05) is 47.3 Å². The number of amides is 1. The molecule has 0 N–H and O–H groups in total. The Morgan fingerprint density at radius 1 is 1.09 bits per heavy atom. The van der Waals surface area contributed by atoms with Crippen LogP contribution < -0.4 is 0 Å². The summed E-state index contributed by atoms with van der Waals surface area (Å²) in [6, 6.07) is 13.6. The van der Waals surface area contributed by atoms with Gasteiger partial charge in [0.2, 0.25) is 0 Å². The van der Waals surface area contributed by atoms with Crippen LogP contribution in [0.4, 0.5) is 13.2 Å². The maximum atomic E-state index is 14.3. The first kappa shape index (κ1) is 24.0. The first-order valence-electron chi connectivity index (χ1n) is 10.1. The van der Waals surface area contributed by atoms with Crippen LogP contribution in [0.2, 0.25) is 10.0 Å². The lowest BCUT2D eigenvalue weighted by Gasteiger charge is -2.29. The average molecular weight is 508 g/mol. The van der Waals surface area contributed by atoms with E-state index in [-0.39, 0.29) is 21.3 Å². The highest BCUT2D eigenvalue weighted by Crippen LogP contribution is 2.50. The molecule has 1 amide bonds. The molecule has 1 unspecified atom stereocenters. The van der Waals surface area contributed by atoms with E-state index in [9.17, 15) is 18.0 Å². The Morgan fingerprint density at radius 3 is 2.35 bits per heavy atom. The molecule has 34 heavy (non-hydrogen) atoms. The minimum absolute atomic E-state index is 0.0507. The third kappa shape index (κ3) is 4.35. The van der Waals surface area contributed by atoms with Crippen molar-refractivity contribution in [1.29, 1.82) is 0 Å². The van der Waals surface area contributed by atoms with Gasteiger partial charge in [0.1, 0.15) is 0 Å². The second-order valence-electron chi connectivity index (χ2n) is 8.01. The molecule has 0 bridgehead atoms. The highest BCUT2D eigenvalue weighted by molar-refractivity contribution is 6.34. The van der Waals surface area contributed by atoms with E-state index < -0.39 is 24.1 Å². The van der Waals surface area contributed by atoms with Crippen molar-refractivity contribution in [3.05, 3.63) is 81.3 Å². The van der Waals surface area contributed by atoms with Crippen LogP contribution in [0.25, 0.3) is 10.8 Å². The number of benzene rings is 3. The highest BCUT2D eigenvalue weighted by Gasteiger charge is 2.62. The van der Waals surface area contributed by atoms with Crippen molar-refractivity contribution in [2.75, 3.05) is 14.1 Å². The zero-order chi connectivity index (χ0) is 24.7. The summed E-state index contributed by atoms with van der Waals surface area (Å²) < 4.78 is 43.0. The number of hydrogen-bond donors (Lipinski definition) is 0. The van der Waals surface area contributed by atoms with E-state index in [1.165, 1.54) is 30.6 Å². The topological polar surface area (TPSA) is 54.3 Å². The Balaban J connectivity index is 1.79. The van der Waals surface area contributed by atoms with E-state index >= 15 is 0 Å². The molecule has 10 heteroatoms. The standard InChI is InChI=1S/C24H18Cl2F3N3O2/c1-32(2)13-30-22(33)20-8-7-19(17-5-3-4-6-18(17)20)21-12-23(34-31-21,24(27,28)29)14-9-15(25)11-16(26)10-14/h3-11,13H,12H2,1-2H3/b30-13+. The lowest BCUT2D eigenvalue weighted by Crippen LogP contribution is -2.42. The Kier molecular flexibility index (Phi) is 6.31. The fourth-order valence-electron chi connectivity index (χ4n) is 3.81. The fraction of sp³-hybridized carbons (Fsp3) is 0.208. The predicted molar refractivity (Wildman–Crippen MR) is 127 cm³/mol. The molecule has 0 spiro atoms. The van der Waals surface area contributed by atoms with Crippen molar-refractivity contribution in [2.45, 2.75) is 18.2 Å². The Bertz CT molecular complexity index is 1320. The zero-order valence-corrected chi connectivity index (χ0v) is 19.5. The third-order valence-electron chi connectivity index (χ3n) is 5.39. The monoisotopic (exact) mass is 507 g/mol. The van der Waals surface area contributed by atoms with Gasteiger partial charge in [-0.25, -0.2) is 0 Å². The van der Waals surface area contributed by atoms with Crippen LogP contribution in [0.1, 0.15) is 27.9 Å². The van der Waals surface area contributed by atoms with Gasteiger partial charge < -0.3 is 9.74 Å². The number of carbonyl (C=O) groups excluding carboxylic acids is 1. The van der Waals surface area contributed by atoms with E-state index in [0.717, 1.165) is 0 Å². The number of nitrogens with zero attached hydrogens (tertiary/aromatic N) is 3. The number of aliphatic imine (C=N–C) groups is 1. The summed E-state index contributed by atoms with van der Waals surface area (Å²) in [5, 5.41) is 5.03. The molecular formula is C24H18Cl2F3N3O2. The molecule has 0 saturated heterocycles. The van der Waals surface area contributed by atoms with Gasteiger partial charge in [0.05, 0.1) is 12.1 Å². The largest absolute Gasteiger partial charge is 0.435 e. The second-order valence-corrected chi connectivity index (χ2v) is 8.88. The molecule has 0 aromatic heterocycles. The average Bonchev–Trinajstić information content (AvgIpc) is 3.23. The predicted octanol–water partition coefficient (Wildman–Crippen LogP) is 6.46. The Morgan fingerprint density at radius 2 is 1.74 bits per heavy atom. The molecule has 4 rings (SSSR count). The van der Waals surface area contributed by atoms with Gasteiger partial charge in [-0.3, -0.25) is 4.79 Å². The molecule has 0 radical (unpaired) electrons. The maximum absolute atomic E-state index is 14.3. The lowest BCUT2D eigenvalue weighted by atomic mass is 9.85. The molecule has 5 nitrogen and oxygen atoms in total. The number of oxime groups is 1. The molecule has 1 heterocycles. The van der Waals surface area contributed by atoms with Crippen LogP contribution in [-0.2, 0) is 10.4 Å². The lowest BCUT2D eigenvalue weighted by molar-refractivity contribution is -0.275. The van der Waals surface area contributed by atoms with Gasteiger partial charge in [-0.05, 0) is 35.0 Å². The van der Waals surface area contributed by atoms with Crippen molar-refractivity contribution < 1.29 is 22.8 Å². The van der Waals surface area contributed by atoms with E-state index in [1.54, 1.807) is 49.3 Å². The smallest absolute Gasteiger partial charge is 0.374 e. The molecule has 3 aromatic carbocycles. The Hall–Kier alpha value is -3.10. The quantitative estimate of drug-likeness (QED) is 0.300. The SMILES string of the molecule is CN(C)/C=N/C(=O)c1ccc(C2=NOC(c3cc(Cl)cc(Cl)c3)(C(F)(F)F)C2)c2ccccc12. The first-order valence-corrected chi connectivity index (χ1v) is 10.8. The van der Waals surface area contributed by atoms with E-state index in [2.05, 4.69) is 10.1 Å². The summed E-state index contributed by atoms with van der Waals surface area (Å²) in [4.78, 5) is 23.3. The molecule has 0 saturated carbocycles. The van der Waals surface area contributed by atoms with Crippen molar-refractivity contribution >= 4 is 51.9 Å². The molecule has 1 atom stereocenters. The first-order chi connectivity index (χ1) is 16.0. The van der Waals surface area contributed by atoms with Crippen LogP contribution in [0, 0.1) is 0 Å². The molecular weight excluding hydrogens is 490 g/mol. The van der Waals surface area contributed by atoms with Gasteiger partial charge in [-0.15, -0.1) is 0 Å². The van der Waals surface area contributed by atoms with E-state index in [0.29, 0.717) is 21.9 Å². The number of halogens is 5. The number of alkyl halides is 3. The van der Waals surface area contributed by atoms with Gasteiger partial charge in [0.25, 0.3) is 11.5 Å². The van der Waals surface area contributed by atoms with Crippen LogP contribution in [-0.4, -0.2) is 43.1 Å². The van der Waals surface area contributed by atoms with Gasteiger partial charge in [-0.1, -0.05) is 58.7 Å².